The van der Waals surface area contributed by atoms with Gasteiger partial charge in [-0.1, -0.05) is 42.5 Å². The average Bonchev–Trinajstić information content (AvgIpc) is 3.46. The number of fused-ring (bicyclic) bond motifs is 2. The zero-order valence-corrected chi connectivity index (χ0v) is 15.7. The Morgan fingerprint density at radius 2 is 1.73 bits per heavy atom. The molecule has 2 aliphatic rings. The molecule has 1 nitrogen and oxygen atoms in total. The van der Waals surface area contributed by atoms with Crippen LogP contribution in [0.15, 0.2) is 71.6 Å². The molecular weight excluding hydrogens is 341 g/mol. The van der Waals surface area contributed by atoms with Crippen molar-refractivity contribution >= 4 is 22.5 Å². The lowest BCUT2D eigenvalue weighted by Crippen LogP contribution is -2.26. The fourth-order valence-electron chi connectivity index (χ4n) is 4.38. The van der Waals surface area contributed by atoms with Gasteiger partial charge >= 0.3 is 0 Å². The van der Waals surface area contributed by atoms with Crippen LogP contribution in [-0.4, -0.2) is 11.3 Å². The molecule has 132 valence electrons. The van der Waals surface area contributed by atoms with Crippen molar-refractivity contribution in [3.05, 3.63) is 78.1 Å². The first-order valence-corrected chi connectivity index (χ1v) is 10.2. The second kappa shape index (κ2) is 5.83. The summed E-state index contributed by atoms with van der Waals surface area (Å²) in [6.07, 6.45) is 2.53. The molecule has 2 fully saturated rings. The third-order valence-corrected chi connectivity index (χ3v) is 7.46. The van der Waals surface area contributed by atoms with Crippen LogP contribution < -0.4 is 5.32 Å². The summed E-state index contributed by atoms with van der Waals surface area (Å²) in [6.45, 7) is 2.28. The number of thioether (sulfide) groups is 1. The van der Waals surface area contributed by atoms with Crippen LogP contribution in [0.25, 0.3) is 10.8 Å². The zero-order chi connectivity index (χ0) is 17.8. The van der Waals surface area contributed by atoms with Crippen LogP contribution in [0, 0.1) is 11.2 Å². The summed E-state index contributed by atoms with van der Waals surface area (Å²) in [5.74, 6) is 0.957. The SMILES string of the molecule is C[C@@H](NC12CC1(CSc1ccc(F)cc1)C2)c1cccc2ccccc12. The van der Waals surface area contributed by atoms with Gasteiger partial charge in [-0.3, -0.25) is 0 Å². The van der Waals surface area contributed by atoms with Gasteiger partial charge in [-0.2, -0.15) is 0 Å². The molecule has 0 amide bonds. The average molecular weight is 364 g/mol. The molecule has 0 heterocycles. The number of nitrogens with one attached hydrogen (secondary N) is 1. The maximum atomic E-state index is 13.0. The minimum Gasteiger partial charge on any atom is -0.304 e. The fraction of sp³-hybridized carbons (Fsp3) is 0.304. The van der Waals surface area contributed by atoms with E-state index in [1.165, 1.54) is 29.2 Å². The van der Waals surface area contributed by atoms with E-state index in [2.05, 4.69) is 54.7 Å². The molecule has 5 rings (SSSR count). The van der Waals surface area contributed by atoms with Gasteiger partial charge in [0.1, 0.15) is 5.82 Å². The van der Waals surface area contributed by atoms with E-state index in [1.807, 2.05) is 23.9 Å². The van der Waals surface area contributed by atoms with Gasteiger partial charge in [-0.05, 0) is 60.4 Å². The molecular formula is C23H22FNS. The minimum atomic E-state index is -0.162. The van der Waals surface area contributed by atoms with Crippen LogP contribution in [-0.2, 0) is 0 Å². The van der Waals surface area contributed by atoms with Gasteiger partial charge in [0.25, 0.3) is 0 Å². The number of benzene rings is 3. The smallest absolute Gasteiger partial charge is 0.123 e. The predicted molar refractivity (Wildman–Crippen MR) is 107 cm³/mol. The fourth-order valence-corrected chi connectivity index (χ4v) is 5.63. The molecule has 26 heavy (non-hydrogen) atoms. The summed E-state index contributed by atoms with van der Waals surface area (Å²) in [5, 5.41) is 6.58. The van der Waals surface area contributed by atoms with Gasteiger partial charge in [0.05, 0.1) is 0 Å². The molecule has 1 N–H and O–H groups in total. The van der Waals surface area contributed by atoms with E-state index < -0.39 is 0 Å². The van der Waals surface area contributed by atoms with Crippen molar-refractivity contribution in [2.75, 3.05) is 5.75 Å². The molecule has 0 spiro atoms. The highest BCUT2D eigenvalue weighted by atomic mass is 32.2. The molecule has 2 saturated carbocycles. The second-order valence-electron chi connectivity index (χ2n) is 7.89. The third-order valence-electron chi connectivity index (χ3n) is 6.16. The molecule has 0 radical (unpaired) electrons. The third kappa shape index (κ3) is 2.65. The van der Waals surface area contributed by atoms with Crippen LogP contribution >= 0.6 is 11.8 Å². The summed E-state index contributed by atoms with van der Waals surface area (Å²) in [6, 6.07) is 22.4. The van der Waals surface area contributed by atoms with Gasteiger partial charge in [-0.15, -0.1) is 11.8 Å². The molecule has 2 aliphatic carbocycles. The van der Waals surface area contributed by atoms with Gasteiger partial charge < -0.3 is 5.32 Å². The first-order valence-electron chi connectivity index (χ1n) is 9.25. The monoisotopic (exact) mass is 363 g/mol. The van der Waals surface area contributed by atoms with E-state index in [1.54, 1.807) is 12.1 Å². The van der Waals surface area contributed by atoms with Crippen molar-refractivity contribution in [1.29, 1.82) is 0 Å². The van der Waals surface area contributed by atoms with Gasteiger partial charge in [0.2, 0.25) is 0 Å². The topological polar surface area (TPSA) is 12.0 Å². The number of hydrogen-bond donors (Lipinski definition) is 1. The van der Waals surface area contributed by atoms with Crippen LogP contribution in [0.1, 0.15) is 31.4 Å². The van der Waals surface area contributed by atoms with Gasteiger partial charge in [0, 0.05) is 27.6 Å². The summed E-state index contributed by atoms with van der Waals surface area (Å²) < 4.78 is 13.0. The second-order valence-corrected chi connectivity index (χ2v) is 8.94. The first kappa shape index (κ1) is 16.3. The van der Waals surface area contributed by atoms with E-state index in [9.17, 15) is 4.39 Å². The highest BCUT2D eigenvalue weighted by Gasteiger charge is 2.82. The first-order chi connectivity index (χ1) is 12.6. The number of hydrogen-bond acceptors (Lipinski definition) is 2. The van der Waals surface area contributed by atoms with Crippen molar-refractivity contribution in [1.82, 2.24) is 5.32 Å². The summed E-state index contributed by atoms with van der Waals surface area (Å²) in [4.78, 5) is 1.16. The Bertz CT molecular complexity index is 954. The van der Waals surface area contributed by atoms with Crippen LogP contribution in [0.3, 0.4) is 0 Å². The highest BCUT2D eigenvalue weighted by molar-refractivity contribution is 7.99. The van der Waals surface area contributed by atoms with E-state index in [4.69, 9.17) is 0 Å². The molecule has 0 saturated heterocycles. The van der Waals surface area contributed by atoms with Crippen molar-refractivity contribution in [2.24, 2.45) is 5.41 Å². The normalized spacial score (nSPS) is 27.2. The van der Waals surface area contributed by atoms with Crippen molar-refractivity contribution in [3.8, 4) is 0 Å². The Labute approximate surface area is 158 Å². The summed E-state index contributed by atoms with van der Waals surface area (Å²) in [7, 11) is 0. The minimum absolute atomic E-state index is 0.162. The molecule has 0 unspecified atom stereocenters. The maximum Gasteiger partial charge on any atom is 0.123 e. The summed E-state index contributed by atoms with van der Waals surface area (Å²) in [5.41, 5.74) is 2.16. The summed E-state index contributed by atoms with van der Waals surface area (Å²) >= 11 is 1.86. The Kier molecular flexibility index (Phi) is 3.67. The lowest BCUT2D eigenvalue weighted by molar-refractivity contribution is 0.508. The van der Waals surface area contributed by atoms with E-state index in [0.29, 0.717) is 17.0 Å². The Morgan fingerprint density at radius 3 is 2.54 bits per heavy atom. The predicted octanol–water partition coefficient (Wildman–Crippen LogP) is 5.95. The lowest BCUT2D eigenvalue weighted by atomic mass is 9.99. The van der Waals surface area contributed by atoms with Crippen LogP contribution in [0.5, 0.6) is 0 Å². The van der Waals surface area contributed by atoms with Crippen LogP contribution in [0.4, 0.5) is 4.39 Å². The molecule has 0 aromatic heterocycles. The number of halogens is 1. The molecule has 0 aliphatic heterocycles. The van der Waals surface area contributed by atoms with Crippen molar-refractivity contribution in [2.45, 2.75) is 36.2 Å². The number of rotatable bonds is 6. The van der Waals surface area contributed by atoms with Gasteiger partial charge in [0.15, 0.2) is 0 Å². The zero-order valence-electron chi connectivity index (χ0n) is 14.8. The largest absolute Gasteiger partial charge is 0.304 e. The van der Waals surface area contributed by atoms with E-state index in [0.717, 1.165) is 10.6 Å². The van der Waals surface area contributed by atoms with Gasteiger partial charge in [-0.25, -0.2) is 4.39 Å². The molecule has 3 aromatic carbocycles. The maximum absolute atomic E-state index is 13.0. The van der Waals surface area contributed by atoms with E-state index >= 15 is 0 Å². The Morgan fingerprint density at radius 1 is 1.00 bits per heavy atom. The van der Waals surface area contributed by atoms with E-state index in [-0.39, 0.29) is 5.82 Å². The highest BCUT2D eigenvalue weighted by Crippen LogP contribution is 2.80. The lowest BCUT2D eigenvalue weighted by Gasteiger charge is -2.18. The molecule has 1 atom stereocenters. The molecule has 3 heteroatoms. The van der Waals surface area contributed by atoms with Crippen molar-refractivity contribution < 1.29 is 4.39 Å². The Hall–Kier alpha value is -1.84. The Balaban J connectivity index is 1.26. The quantitative estimate of drug-likeness (QED) is 0.543. The molecule has 0 bridgehead atoms. The standard InChI is InChI=1S/C23H22FNS/c1-16(20-8-4-6-17-5-2-3-7-21(17)20)25-23-13-22(23,14-23)15-26-19-11-9-18(24)10-12-19/h2-12,16,25H,13-15H2,1H3/t16-,22?,23?/m1/s1. The molecule has 3 aromatic rings. The van der Waals surface area contributed by atoms with Crippen molar-refractivity contribution in [3.63, 3.8) is 0 Å². The van der Waals surface area contributed by atoms with Crippen LogP contribution in [0.2, 0.25) is 0 Å².